The Bertz CT molecular complexity index is 949. The van der Waals surface area contributed by atoms with Gasteiger partial charge < -0.3 is 0 Å². The fourth-order valence-electron chi connectivity index (χ4n) is 2.49. The van der Waals surface area contributed by atoms with Crippen LogP contribution in [0.1, 0.15) is 16.7 Å². The standard InChI is InChI=1S/C18H18N2O2S2/c1-13-5-6-14(2)17(10-13)24(21,22)20-11-15-4-3-8-19-18(15)16-7-9-23-12-16/h3-10,12,20H,11H2,1-2H3. The lowest BCUT2D eigenvalue weighted by atomic mass is 10.1. The first-order valence-corrected chi connectivity index (χ1v) is 9.93. The highest BCUT2D eigenvalue weighted by molar-refractivity contribution is 7.89. The van der Waals surface area contributed by atoms with Crippen molar-refractivity contribution < 1.29 is 8.42 Å². The average Bonchev–Trinajstić information content (AvgIpc) is 3.10. The van der Waals surface area contributed by atoms with E-state index in [0.29, 0.717) is 4.90 Å². The summed E-state index contributed by atoms with van der Waals surface area (Å²) in [5, 5.41) is 3.99. The summed E-state index contributed by atoms with van der Waals surface area (Å²) >= 11 is 1.59. The van der Waals surface area contributed by atoms with E-state index in [-0.39, 0.29) is 6.54 Å². The van der Waals surface area contributed by atoms with Crippen LogP contribution in [0.5, 0.6) is 0 Å². The third-order valence-electron chi connectivity index (χ3n) is 3.77. The van der Waals surface area contributed by atoms with Gasteiger partial charge in [-0.15, -0.1) is 0 Å². The van der Waals surface area contributed by atoms with Crippen LogP contribution in [0.25, 0.3) is 11.3 Å². The fourth-order valence-corrected chi connectivity index (χ4v) is 4.46. The summed E-state index contributed by atoms with van der Waals surface area (Å²) in [6.45, 7) is 3.89. The summed E-state index contributed by atoms with van der Waals surface area (Å²) in [4.78, 5) is 4.72. The van der Waals surface area contributed by atoms with Crippen molar-refractivity contribution in [2.24, 2.45) is 0 Å². The Balaban J connectivity index is 1.87. The van der Waals surface area contributed by atoms with Gasteiger partial charge in [0.15, 0.2) is 0 Å². The van der Waals surface area contributed by atoms with Crippen molar-refractivity contribution in [1.29, 1.82) is 0 Å². The lowest BCUT2D eigenvalue weighted by Crippen LogP contribution is -2.24. The molecular formula is C18H18N2O2S2. The van der Waals surface area contributed by atoms with E-state index in [1.54, 1.807) is 30.5 Å². The van der Waals surface area contributed by atoms with Crippen molar-refractivity contribution in [3.8, 4) is 11.3 Å². The third kappa shape index (κ3) is 3.56. The quantitative estimate of drug-likeness (QED) is 0.752. The number of pyridine rings is 1. The van der Waals surface area contributed by atoms with Crippen LogP contribution in [0, 0.1) is 13.8 Å². The Morgan fingerprint density at radius 1 is 1.17 bits per heavy atom. The molecule has 3 aromatic rings. The van der Waals surface area contributed by atoms with Crippen LogP contribution >= 0.6 is 11.3 Å². The summed E-state index contributed by atoms with van der Waals surface area (Å²) < 4.78 is 28.0. The molecule has 0 spiro atoms. The number of nitrogens with one attached hydrogen (secondary N) is 1. The molecule has 0 unspecified atom stereocenters. The van der Waals surface area contributed by atoms with Crippen molar-refractivity contribution in [2.75, 3.05) is 0 Å². The molecule has 6 heteroatoms. The highest BCUT2D eigenvalue weighted by Crippen LogP contribution is 2.24. The highest BCUT2D eigenvalue weighted by Gasteiger charge is 2.17. The minimum absolute atomic E-state index is 0.203. The molecular weight excluding hydrogens is 340 g/mol. The molecule has 2 aromatic heterocycles. The summed E-state index contributed by atoms with van der Waals surface area (Å²) in [6.07, 6.45) is 1.72. The molecule has 0 atom stereocenters. The summed E-state index contributed by atoms with van der Waals surface area (Å²) in [5.74, 6) is 0. The van der Waals surface area contributed by atoms with E-state index in [9.17, 15) is 8.42 Å². The number of benzene rings is 1. The SMILES string of the molecule is Cc1ccc(C)c(S(=O)(=O)NCc2cccnc2-c2ccsc2)c1. The topological polar surface area (TPSA) is 59.1 Å². The van der Waals surface area contributed by atoms with E-state index in [1.165, 1.54) is 0 Å². The second-order valence-electron chi connectivity index (χ2n) is 5.62. The molecule has 4 nitrogen and oxygen atoms in total. The predicted molar refractivity (Wildman–Crippen MR) is 97.5 cm³/mol. The maximum atomic E-state index is 12.6. The maximum Gasteiger partial charge on any atom is 0.241 e. The van der Waals surface area contributed by atoms with E-state index in [2.05, 4.69) is 9.71 Å². The first-order chi connectivity index (χ1) is 11.5. The number of thiophene rings is 1. The molecule has 0 saturated heterocycles. The largest absolute Gasteiger partial charge is 0.256 e. The van der Waals surface area contributed by atoms with Gasteiger partial charge in [0, 0.05) is 23.7 Å². The van der Waals surface area contributed by atoms with E-state index >= 15 is 0 Å². The van der Waals surface area contributed by atoms with Gasteiger partial charge in [-0.25, -0.2) is 13.1 Å². The van der Waals surface area contributed by atoms with Gasteiger partial charge in [0.2, 0.25) is 10.0 Å². The van der Waals surface area contributed by atoms with E-state index in [1.807, 2.05) is 48.0 Å². The molecule has 0 amide bonds. The zero-order valence-electron chi connectivity index (χ0n) is 13.5. The number of nitrogens with zero attached hydrogens (tertiary/aromatic N) is 1. The van der Waals surface area contributed by atoms with E-state index in [4.69, 9.17) is 0 Å². The first kappa shape index (κ1) is 16.8. The number of aryl methyl sites for hydroxylation is 2. The first-order valence-electron chi connectivity index (χ1n) is 7.51. The zero-order valence-corrected chi connectivity index (χ0v) is 15.1. The molecule has 0 aliphatic rings. The molecule has 0 fully saturated rings. The van der Waals surface area contributed by atoms with Crippen molar-refractivity contribution >= 4 is 21.4 Å². The van der Waals surface area contributed by atoms with Gasteiger partial charge in [0.05, 0.1) is 10.6 Å². The van der Waals surface area contributed by atoms with Crippen LogP contribution in [-0.2, 0) is 16.6 Å². The van der Waals surface area contributed by atoms with Crippen LogP contribution in [-0.4, -0.2) is 13.4 Å². The highest BCUT2D eigenvalue weighted by atomic mass is 32.2. The number of sulfonamides is 1. The minimum Gasteiger partial charge on any atom is -0.256 e. The van der Waals surface area contributed by atoms with Gasteiger partial charge >= 0.3 is 0 Å². The van der Waals surface area contributed by atoms with E-state index < -0.39 is 10.0 Å². The van der Waals surface area contributed by atoms with Gasteiger partial charge in [0.1, 0.15) is 0 Å². The average molecular weight is 358 g/mol. The molecule has 2 heterocycles. The van der Waals surface area contributed by atoms with Crippen molar-refractivity contribution in [3.05, 3.63) is 70.0 Å². The molecule has 3 rings (SSSR count). The second kappa shape index (κ2) is 6.84. The van der Waals surface area contributed by atoms with Crippen LogP contribution < -0.4 is 4.72 Å². The number of aromatic nitrogens is 1. The molecule has 0 bridgehead atoms. The molecule has 1 N–H and O–H groups in total. The van der Waals surface area contributed by atoms with Gasteiger partial charge in [-0.1, -0.05) is 18.2 Å². The van der Waals surface area contributed by atoms with Crippen LogP contribution in [0.15, 0.2) is 58.3 Å². The minimum atomic E-state index is -3.57. The summed E-state index contributed by atoms with van der Waals surface area (Å²) in [6, 6.07) is 11.1. The number of hydrogen-bond acceptors (Lipinski definition) is 4. The molecule has 124 valence electrons. The lowest BCUT2D eigenvalue weighted by molar-refractivity contribution is 0.580. The Hall–Kier alpha value is -2.02. The molecule has 1 aromatic carbocycles. The normalized spacial score (nSPS) is 11.6. The Morgan fingerprint density at radius 3 is 2.75 bits per heavy atom. The number of hydrogen-bond donors (Lipinski definition) is 1. The van der Waals surface area contributed by atoms with Crippen LogP contribution in [0.2, 0.25) is 0 Å². The van der Waals surface area contributed by atoms with Crippen molar-refractivity contribution in [1.82, 2.24) is 9.71 Å². The smallest absolute Gasteiger partial charge is 0.241 e. The molecule has 0 saturated carbocycles. The Morgan fingerprint density at radius 2 is 2.00 bits per heavy atom. The van der Waals surface area contributed by atoms with Gasteiger partial charge in [0.25, 0.3) is 0 Å². The van der Waals surface area contributed by atoms with E-state index in [0.717, 1.165) is 27.9 Å². The Kier molecular flexibility index (Phi) is 4.80. The molecule has 24 heavy (non-hydrogen) atoms. The third-order valence-corrected chi connectivity index (χ3v) is 6.00. The number of rotatable bonds is 5. The maximum absolute atomic E-state index is 12.6. The van der Waals surface area contributed by atoms with Gasteiger partial charge in [-0.05, 0) is 54.1 Å². The molecule has 0 aliphatic carbocycles. The molecule has 0 aliphatic heterocycles. The van der Waals surface area contributed by atoms with Crippen LogP contribution in [0.4, 0.5) is 0 Å². The molecule has 0 radical (unpaired) electrons. The van der Waals surface area contributed by atoms with Gasteiger partial charge in [-0.2, -0.15) is 11.3 Å². The second-order valence-corrected chi connectivity index (χ2v) is 8.13. The zero-order chi connectivity index (χ0) is 17.2. The monoisotopic (exact) mass is 358 g/mol. The van der Waals surface area contributed by atoms with Crippen molar-refractivity contribution in [3.63, 3.8) is 0 Å². The Labute approximate surface area is 146 Å². The van der Waals surface area contributed by atoms with Gasteiger partial charge in [-0.3, -0.25) is 4.98 Å². The lowest BCUT2D eigenvalue weighted by Gasteiger charge is -2.12. The van der Waals surface area contributed by atoms with Crippen molar-refractivity contribution in [2.45, 2.75) is 25.3 Å². The predicted octanol–water partition coefficient (Wildman–Crippen LogP) is 3.91. The summed E-state index contributed by atoms with van der Waals surface area (Å²) in [5.41, 5.74) is 4.31. The fraction of sp³-hybridized carbons (Fsp3) is 0.167. The summed E-state index contributed by atoms with van der Waals surface area (Å²) in [7, 11) is -3.57. The van der Waals surface area contributed by atoms with Crippen LogP contribution in [0.3, 0.4) is 0 Å².